The van der Waals surface area contributed by atoms with Gasteiger partial charge in [0, 0.05) is 64.2 Å². The number of rotatable bonds is 81. The number of unbranched alkanes of at least 4 members (excludes halogenated alkanes) is 54. The third-order valence-corrected chi connectivity index (χ3v) is 22.1. The summed E-state index contributed by atoms with van der Waals surface area (Å²) in [5.74, 6) is 35.1. The van der Waals surface area contributed by atoms with Crippen molar-refractivity contribution in [2.45, 2.75) is 457 Å². The molecule has 4 unspecified atom stereocenters. The van der Waals surface area contributed by atoms with Crippen molar-refractivity contribution >= 4 is 39.5 Å². The van der Waals surface area contributed by atoms with Crippen LogP contribution in [0.5, 0.6) is 0 Å². The molecule has 0 rings (SSSR count). The van der Waals surface area contributed by atoms with Crippen LogP contribution in [0.4, 0.5) is 0 Å². The van der Waals surface area contributed by atoms with Crippen LogP contribution in [0.3, 0.4) is 0 Å². The third-order valence-electron chi connectivity index (χ3n) is 20.2. The highest BCUT2D eigenvalue weighted by atomic mass is 31.2. The van der Waals surface area contributed by atoms with Gasteiger partial charge in [-0.1, -0.05) is 352 Å². The smallest absolute Gasteiger partial charge is 0.306 e. The van der Waals surface area contributed by atoms with Gasteiger partial charge in [0.25, 0.3) is 15.6 Å². The summed E-state index contributed by atoms with van der Waals surface area (Å²) in [5, 5.41) is 0. The molecule has 118 heavy (non-hydrogen) atoms. The topological polar surface area (TPSA) is 250 Å². The zero-order valence-corrected chi connectivity index (χ0v) is 78.1. The Hall–Kier alpha value is -4.62. The highest BCUT2D eigenvalue weighted by Crippen LogP contribution is 2.39. The van der Waals surface area contributed by atoms with Crippen LogP contribution in [0.1, 0.15) is 445 Å². The molecule has 0 bridgehead atoms. The minimum atomic E-state index is -4.65. The fraction of sp³-hybridized carbons (Fsp3) is 0.837. The van der Waals surface area contributed by atoms with Crippen molar-refractivity contribution in [2.24, 2.45) is 0 Å². The number of carbonyl (C=O) groups is 4. The van der Waals surface area contributed by atoms with Crippen LogP contribution in [0.25, 0.3) is 0 Å². The number of hydrogen-bond acceptors (Lipinski definition) is 16. The third kappa shape index (κ3) is 95.2. The van der Waals surface area contributed by atoms with Gasteiger partial charge in [-0.05, 0) is 99.7 Å². The van der Waals surface area contributed by atoms with Gasteiger partial charge in [-0.2, -0.15) is 0 Å². The summed E-state index contributed by atoms with van der Waals surface area (Å²) >= 11 is 0. The Morgan fingerprint density at radius 2 is 0.492 bits per heavy atom. The molecule has 0 aromatic carbocycles. The summed E-state index contributed by atoms with van der Waals surface area (Å²) in [6.07, 6.45) is 68.6. The molecule has 3 N–H and O–H groups in total. The molecule has 0 aromatic heterocycles. The van der Waals surface area contributed by atoms with Gasteiger partial charge < -0.3 is 57.0 Å². The van der Waals surface area contributed by atoms with E-state index >= 15 is 0 Å². The highest BCUT2D eigenvalue weighted by Gasteiger charge is 2.24. The standard InChI is InChI=1S/C54H92NO8P.C44H80NO8P/c1-6-8-10-12-14-16-18-20-22-24-26-28-30-32-34-36-38-40-42-44-46-53(56)60-50-52(51-62-64(58,59)61-49-48-55(3,4)5)63-54(57)47-45-43-41-39-37-35-33-31-29-27-25-23-21-19-17-15-13-11-9-7-2;1-3-5-7-9-11-13-15-17-18-19-20-21-22-23-25-27-29-31-33-35-37-44(47)53-42(41-52-54(48,49)51-39-38-45)40-50-43(46)36-34-32-30-28-26-24-16-14-12-10-8-6-4-2/h52H,6-23,32-51H2,1-5H3;42H,3-18,23-41,45H2,1-2H3,(H,48,49). The monoisotopic (exact) mass is 1700 g/mol. The van der Waals surface area contributed by atoms with E-state index in [1.54, 1.807) is 0 Å². The Bertz CT molecular complexity index is 2870. The Labute approximate surface area is 723 Å². The van der Waals surface area contributed by atoms with Crippen molar-refractivity contribution in [3.63, 3.8) is 0 Å². The molecule has 20 heteroatoms. The molecule has 0 aromatic rings. The summed E-state index contributed by atoms with van der Waals surface area (Å²) in [4.78, 5) is 74.7. The lowest BCUT2D eigenvalue weighted by molar-refractivity contribution is -0.870. The van der Waals surface area contributed by atoms with Crippen LogP contribution in [0, 0.1) is 71.0 Å². The summed E-state index contributed by atoms with van der Waals surface area (Å²) < 4.78 is 66.4. The molecule has 0 radical (unpaired) electrons. The van der Waals surface area contributed by atoms with Crippen LogP contribution < -0.4 is 15.5 Å². The first-order valence-corrected chi connectivity index (χ1v) is 50.6. The van der Waals surface area contributed by atoms with Gasteiger partial charge in [0.15, 0.2) is 12.2 Å². The maximum atomic E-state index is 12.7. The summed E-state index contributed by atoms with van der Waals surface area (Å²) in [5.41, 5.74) is 3.55. The van der Waals surface area contributed by atoms with Crippen molar-refractivity contribution in [1.82, 2.24) is 0 Å². The van der Waals surface area contributed by atoms with Crippen molar-refractivity contribution < 1.29 is 85.4 Å². The van der Waals surface area contributed by atoms with Crippen molar-refractivity contribution in [1.29, 1.82) is 0 Å². The highest BCUT2D eigenvalue weighted by molar-refractivity contribution is 7.46. The van der Waals surface area contributed by atoms with E-state index in [9.17, 15) is 38.1 Å². The second kappa shape index (κ2) is 90.1. The minimum absolute atomic E-state index is 0.0476. The van der Waals surface area contributed by atoms with E-state index in [1.165, 1.54) is 212 Å². The molecule has 0 saturated heterocycles. The van der Waals surface area contributed by atoms with E-state index in [0.29, 0.717) is 30.3 Å². The largest absolute Gasteiger partial charge is 0.756 e. The Balaban J connectivity index is 0. The zero-order valence-electron chi connectivity index (χ0n) is 76.4. The second-order valence-corrected chi connectivity index (χ2v) is 35.8. The quantitative estimate of drug-likeness (QED) is 0.0148. The lowest BCUT2D eigenvalue weighted by Gasteiger charge is -2.28. The van der Waals surface area contributed by atoms with Crippen LogP contribution in [0.2, 0.25) is 0 Å². The van der Waals surface area contributed by atoms with E-state index in [-0.39, 0.29) is 58.7 Å². The molecule has 4 atom stereocenters. The Kier molecular flexibility index (Phi) is 88.1. The summed E-state index contributed by atoms with van der Waals surface area (Å²) in [6, 6.07) is 0. The van der Waals surface area contributed by atoms with Gasteiger partial charge in [-0.15, -0.1) is 0 Å². The Morgan fingerprint density at radius 3 is 0.712 bits per heavy atom. The molecule has 0 aliphatic heterocycles. The molecule has 0 aliphatic carbocycles. The molecule has 0 saturated carbocycles. The fourth-order valence-corrected chi connectivity index (χ4v) is 14.3. The zero-order chi connectivity index (χ0) is 86.7. The predicted octanol–water partition coefficient (Wildman–Crippen LogP) is 23.3. The van der Waals surface area contributed by atoms with Gasteiger partial charge in [-0.25, -0.2) is 0 Å². The van der Waals surface area contributed by atoms with E-state index in [1.807, 2.05) is 21.1 Å². The van der Waals surface area contributed by atoms with Gasteiger partial charge in [0.2, 0.25) is 0 Å². The molecular weight excluding hydrogens is 1520 g/mol. The molecule has 0 amide bonds. The lowest BCUT2D eigenvalue weighted by atomic mass is 10.0. The first kappa shape index (κ1) is 115. The first-order chi connectivity index (χ1) is 57.3. The maximum absolute atomic E-state index is 12.7. The van der Waals surface area contributed by atoms with Crippen LogP contribution in [0.15, 0.2) is 0 Å². The number of carbonyl (C=O) groups excluding carboxylic acids is 4. The van der Waals surface area contributed by atoms with Crippen LogP contribution in [-0.4, -0.2) is 114 Å². The number of hydrogen-bond donors (Lipinski definition) is 1. The first-order valence-electron chi connectivity index (χ1n) is 47.7. The molecule has 18 nitrogen and oxygen atoms in total. The van der Waals surface area contributed by atoms with Crippen molar-refractivity contribution in [3.05, 3.63) is 0 Å². The maximum Gasteiger partial charge on any atom is 0.306 e. The molecular formula is C98H172N2O16P2. The van der Waals surface area contributed by atoms with E-state index in [4.69, 9.17) is 37.0 Å². The molecule has 0 fully saturated rings. The van der Waals surface area contributed by atoms with E-state index in [2.05, 4.69) is 104 Å². The van der Waals surface area contributed by atoms with Crippen molar-refractivity contribution in [2.75, 3.05) is 73.9 Å². The van der Waals surface area contributed by atoms with Gasteiger partial charge in [-0.3, -0.25) is 28.3 Å². The number of esters is 4. The second-order valence-electron chi connectivity index (χ2n) is 33.0. The molecule has 0 heterocycles. The minimum Gasteiger partial charge on any atom is -0.756 e. The molecule has 680 valence electrons. The Morgan fingerprint density at radius 1 is 0.288 bits per heavy atom. The number of quaternary nitrogens is 2. The van der Waals surface area contributed by atoms with Gasteiger partial charge in [0.1, 0.15) is 33.0 Å². The predicted molar refractivity (Wildman–Crippen MR) is 481 cm³/mol. The van der Waals surface area contributed by atoms with Gasteiger partial charge >= 0.3 is 23.9 Å². The summed E-state index contributed by atoms with van der Waals surface area (Å²) in [6.45, 7) is 8.02. The fourth-order valence-electron chi connectivity index (χ4n) is 12.8. The van der Waals surface area contributed by atoms with E-state index < -0.39 is 64.9 Å². The van der Waals surface area contributed by atoms with Gasteiger partial charge in [0.05, 0.1) is 40.9 Å². The SMILES string of the molecule is CCCCCCCCCCC#CC#CCCCCCCCCC(=O)OC(COC(=O)CCCCCCCCCCCCCCC)COP(=O)([O-])OCC[NH3+].CCCCCCCCCCC#CC#CCCCCCCCCC(=O)OCC(COP(=O)([O-])OCC[N+](C)(C)C)OC(=O)CCCCCCCCC#CC#CCCCCCCCCCC. The van der Waals surface area contributed by atoms with Crippen molar-refractivity contribution in [3.8, 4) is 71.0 Å². The van der Waals surface area contributed by atoms with Crippen LogP contribution >= 0.6 is 15.6 Å². The number of nitrogens with zero attached hydrogens (tertiary/aromatic N) is 1. The molecule has 0 spiro atoms. The average molecular weight is 1700 g/mol. The number of phosphoric acid groups is 2. The molecule has 0 aliphatic rings. The lowest BCUT2D eigenvalue weighted by Crippen LogP contribution is -2.52. The number of phosphoric ester groups is 2. The normalized spacial score (nSPS) is 12.4. The van der Waals surface area contributed by atoms with E-state index in [0.717, 1.165) is 161 Å². The summed E-state index contributed by atoms with van der Waals surface area (Å²) in [7, 11) is -3.48. The number of ether oxygens (including phenoxy) is 4. The average Bonchev–Trinajstić information content (AvgIpc) is 0.908. The van der Waals surface area contributed by atoms with Crippen LogP contribution in [-0.2, 0) is 65.4 Å². The number of likely N-dealkylation sites (N-methyl/N-ethyl adjacent to an activating group) is 1.